The minimum atomic E-state index is 1.07. The molecule has 1 rings (SSSR count). The molecule has 0 radical (unpaired) electrons. The Balaban J connectivity index is 2.56. The fourth-order valence-electron chi connectivity index (χ4n) is 0.740. The van der Waals surface area contributed by atoms with Crippen molar-refractivity contribution in [3.8, 4) is 0 Å². The molecule has 2 nitrogen and oxygen atoms in total. The molecule has 8 heavy (non-hydrogen) atoms. The highest BCUT2D eigenvalue weighted by atomic mass is 127. The van der Waals surface area contributed by atoms with Gasteiger partial charge < -0.3 is 5.01 Å². The van der Waals surface area contributed by atoms with Crippen LogP contribution in [-0.2, 0) is 0 Å². The Morgan fingerprint density at radius 1 is 1.75 bits per heavy atom. The number of nitrogens with zero attached hydrogens (tertiary/aromatic N) is 2. The van der Waals surface area contributed by atoms with Crippen molar-refractivity contribution in [2.45, 2.75) is 6.92 Å². The third kappa shape index (κ3) is 1.14. The minimum Gasteiger partial charge on any atom is -0.307 e. The van der Waals surface area contributed by atoms with Crippen LogP contribution in [0, 0.1) is 0 Å². The van der Waals surface area contributed by atoms with Gasteiger partial charge in [0, 0.05) is 36.1 Å². The summed E-state index contributed by atoms with van der Waals surface area (Å²) in [6.07, 6.45) is 2.13. The number of hydrogen-bond acceptors (Lipinski definition) is 2. The van der Waals surface area contributed by atoms with Gasteiger partial charge in [0.2, 0.25) is 0 Å². The highest BCUT2D eigenvalue weighted by Gasteiger charge is 2.11. The van der Waals surface area contributed by atoms with E-state index >= 15 is 0 Å². The second kappa shape index (κ2) is 2.23. The molecule has 0 saturated carbocycles. The monoisotopic (exact) mass is 224 g/mol. The summed E-state index contributed by atoms with van der Waals surface area (Å²) in [4.78, 5) is 0. The highest BCUT2D eigenvalue weighted by molar-refractivity contribution is 14.1. The van der Waals surface area contributed by atoms with Gasteiger partial charge in [-0.25, -0.2) is 0 Å². The molecule has 3 heteroatoms. The van der Waals surface area contributed by atoms with Gasteiger partial charge in [-0.3, -0.25) is 0 Å². The zero-order valence-corrected chi connectivity index (χ0v) is 7.21. The van der Waals surface area contributed by atoms with Gasteiger partial charge >= 0.3 is 0 Å². The summed E-state index contributed by atoms with van der Waals surface area (Å²) in [5, 5.41) is 2.08. The van der Waals surface area contributed by atoms with Crippen molar-refractivity contribution >= 4 is 22.9 Å². The largest absolute Gasteiger partial charge is 0.307 e. The summed E-state index contributed by atoms with van der Waals surface area (Å²) in [6.45, 7) is 3.20. The Kier molecular flexibility index (Phi) is 1.77. The maximum atomic E-state index is 2.28. The van der Waals surface area contributed by atoms with E-state index < -0.39 is 0 Å². The van der Waals surface area contributed by atoms with Crippen molar-refractivity contribution in [2.24, 2.45) is 0 Å². The van der Waals surface area contributed by atoms with Crippen LogP contribution in [0.3, 0.4) is 0 Å². The fraction of sp³-hybridized carbons (Fsp3) is 0.600. The Morgan fingerprint density at radius 3 is 2.50 bits per heavy atom. The molecule has 1 aliphatic heterocycles. The van der Waals surface area contributed by atoms with Gasteiger partial charge in [0.1, 0.15) is 0 Å². The molecule has 0 amide bonds. The average molecular weight is 224 g/mol. The molecule has 0 bridgehead atoms. The summed E-state index contributed by atoms with van der Waals surface area (Å²) in [6, 6.07) is 0. The second-order valence-electron chi connectivity index (χ2n) is 2.04. The topological polar surface area (TPSA) is 6.48 Å². The first kappa shape index (κ1) is 6.35. The van der Waals surface area contributed by atoms with E-state index in [0.717, 1.165) is 6.54 Å². The second-order valence-corrected chi connectivity index (χ2v) is 3.16. The zero-order valence-electron chi connectivity index (χ0n) is 5.06. The molecule has 0 unspecified atom stereocenters. The predicted molar refractivity (Wildman–Crippen MR) is 42.2 cm³/mol. The quantitative estimate of drug-likeness (QED) is 0.453. The molecule has 0 spiro atoms. The van der Waals surface area contributed by atoms with Gasteiger partial charge in [-0.05, 0) is 12.5 Å². The molecule has 0 saturated heterocycles. The summed E-state index contributed by atoms with van der Waals surface area (Å²) >= 11 is 2.28. The van der Waals surface area contributed by atoms with Gasteiger partial charge in [-0.15, -0.1) is 0 Å². The maximum absolute atomic E-state index is 2.28. The van der Waals surface area contributed by atoms with Crippen molar-refractivity contribution < 1.29 is 0 Å². The summed E-state index contributed by atoms with van der Waals surface area (Å²) < 4.78 is 2.13. The van der Waals surface area contributed by atoms with Crippen LogP contribution in [0.4, 0.5) is 0 Å². The maximum Gasteiger partial charge on any atom is 0.0512 e. The van der Waals surface area contributed by atoms with Crippen LogP contribution in [0.5, 0.6) is 0 Å². The lowest BCUT2D eigenvalue weighted by atomic mass is 10.4. The van der Waals surface area contributed by atoms with Crippen molar-refractivity contribution in [1.82, 2.24) is 8.23 Å². The smallest absolute Gasteiger partial charge is 0.0512 e. The molecule has 0 aromatic carbocycles. The predicted octanol–water partition coefficient (Wildman–Crippen LogP) is 1.40. The lowest BCUT2D eigenvalue weighted by Crippen LogP contribution is -2.21. The number of rotatable bonds is 0. The third-order valence-corrected chi connectivity index (χ3v) is 2.15. The van der Waals surface area contributed by atoms with Crippen LogP contribution in [0.2, 0.25) is 0 Å². The normalized spacial score (nSPS) is 21.9. The zero-order chi connectivity index (χ0) is 6.15. The van der Waals surface area contributed by atoms with Gasteiger partial charge in [0.05, 0.1) is 6.54 Å². The third-order valence-electron chi connectivity index (χ3n) is 1.13. The van der Waals surface area contributed by atoms with E-state index in [1.807, 2.05) is 7.05 Å². The summed E-state index contributed by atoms with van der Waals surface area (Å²) in [5.41, 5.74) is 1.42. The Hall–Kier alpha value is 0.230. The first-order valence-corrected chi connectivity index (χ1v) is 3.50. The molecule has 1 aliphatic rings. The Morgan fingerprint density at radius 2 is 2.38 bits per heavy atom. The van der Waals surface area contributed by atoms with E-state index in [1.54, 1.807) is 0 Å². The standard InChI is InChI=1S/C5H9IN2/c1-5-3-7(2)8(6)4-5/h3H,4H2,1-2H3. The van der Waals surface area contributed by atoms with E-state index in [9.17, 15) is 0 Å². The lowest BCUT2D eigenvalue weighted by Gasteiger charge is -2.15. The Bertz CT molecular complexity index is 122. The molecule has 1 heterocycles. The molecular formula is C5H9IN2. The van der Waals surface area contributed by atoms with Gasteiger partial charge in [0.25, 0.3) is 0 Å². The molecule has 0 aliphatic carbocycles. The number of hydrazine groups is 1. The van der Waals surface area contributed by atoms with E-state index in [4.69, 9.17) is 0 Å². The molecular weight excluding hydrogens is 215 g/mol. The molecule has 0 N–H and O–H groups in total. The Labute approximate surface area is 63.6 Å². The van der Waals surface area contributed by atoms with Crippen LogP contribution in [-0.4, -0.2) is 21.8 Å². The van der Waals surface area contributed by atoms with E-state index in [1.165, 1.54) is 5.57 Å². The molecule has 0 aromatic rings. The fourth-order valence-corrected chi connectivity index (χ4v) is 1.40. The van der Waals surface area contributed by atoms with Crippen LogP contribution < -0.4 is 0 Å². The number of halogens is 1. The van der Waals surface area contributed by atoms with Crippen molar-refractivity contribution in [3.63, 3.8) is 0 Å². The van der Waals surface area contributed by atoms with Crippen molar-refractivity contribution in [1.29, 1.82) is 0 Å². The first-order valence-electron chi connectivity index (χ1n) is 2.53. The van der Waals surface area contributed by atoms with E-state index in [-0.39, 0.29) is 0 Å². The highest BCUT2D eigenvalue weighted by Crippen LogP contribution is 2.15. The SMILES string of the molecule is CC1=CN(C)N(I)C1. The van der Waals surface area contributed by atoms with Crippen LogP contribution in [0.1, 0.15) is 6.92 Å². The lowest BCUT2D eigenvalue weighted by molar-refractivity contribution is 0.241. The van der Waals surface area contributed by atoms with Gasteiger partial charge in [0.15, 0.2) is 0 Å². The van der Waals surface area contributed by atoms with Gasteiger partial charge in [-0.1, -0.05) is 0 Å². The minimum absolute atomic E-state index is 1.07. The summed E-state index contributed by atoms with van der Waals surface area (Å²) in [5.74, 6) is 0. The van der Waals surface area contributed by atoms with Crippen LogP contribution in [0.25, 0.3) is 0 Å². The molecule has 0 aromatic heterocycles. The average Bonchev–Trinajstić information content (AvgIpc) is 1.85. The van der Waals surface area contributed by atoms with Crippen LogP contribution in [0.15, 0.2) is 11.8 Å². The molecule has 0 atom stereocenters. The first-order chi connectivity index (χ1) is 3.70. The van der Waals surface area contributed by atoms with E-state index in [0.29, 0.717) is 0 Å². The van der Waals surface area contributed by atoms with E-state index in [2.05, 4.69) is 44.2 Å². The summed E-state index contributed by atoms with van der Waals surface area (Å²) in [7, 11) is 2.04. The van der Waals surface area contributed by atoms with Crippen molar-refractivity contribution in [3.05, 3.63) is 11.8 Å². The molecule has 46 valence electrons. The van der Waals surface area contributed by atoms with Gasteiger partial charge in [-0.2, -0.15) is 3.22 Å². The molecule has 0 fully saturated rings. The van der Waals surface area contributed by atoms with Crippen molar-refractivity contribution in [2.75, 3.05) is 13.6 Å². The van der Waals surface area contributed by atoms with Crippen LogP contribution >= 0.6 is 22.9 Å². The number of hydrogen-bond donors (Lipinski definition) is 0.